The molecule has 2 fully saturated rings. The van der Waals surface area contributed by atoms with Crippen LogP contribution in [0.2, 0.25) is 0 Å². The Morgan fingerprint density at radius 2 is 1.93 bits per heavy atom. The minimum atomic E-state index is -0.680. The van der Waals surface area contributed by atoms with Crippen molar-refractivity contribution in [2.24, 2.45) is 0 Å². The van der Waals surface area contributed by atoms with Crippen LogP contribution in [0.1, 0.15) is 13.8 Å². The van der Waals surface area contributed by atoms with E-state index >= 15 is 0 Å². The summed E-state index contributed by atoms with van der Waals surface area (Å²) in [5.41, 5.74) is 0. The van der Waals surface area contributed by atoms with E-state index < -0.39 is 18.2 Å². The van der Waals surface area contributed by atoms with E-state index in [9.17, 15) is 5.11 Å². The lowest BCUT2D eigenvalue weighted by Gasteiger charge is -2.33. The Labute approximate surface area is 82.9 Å². The van der Waals surface area contributed by atoms with Crippen molar-refractivity contribution < 1.29 is 24.1 Å². The third kappa shape index (κ3) is 1.66. The summed E-state index contributed by atoms with van der Waals surface area (Å²) in [6, 6.07) is 0. The quantitative estimate of drug-likeness (QED) is 0.644. The first-order chi connectivity index (χ1) is 6.53. The van der Waals surface area contributed by atoms with E-state index in [-0.39, 0.29) is 18.8 Å². The van der Waals surface area contributed by atoms with Crippen LogP contribution in [0, 0.1) is 0 Å². The fourth-order valence-corrected chi connectivity index (χ4v) is 1.91. The van der Waals surface area contributed by atoms with E-state index in [1.807, 2.05) is 13.8 Å². The summed E-state index contributed by atoms with van der Waals surface area (Å²) in [5, 5.41) is 9.64. The highest BCUT2D eigenvalue weighted by atomic mass is 16.8. The summed E-state index contributed by atoms with van der Waals surface area (Å²) >= 11 is 0. The van der Waals surface area contributed by atoms with E-state index in [0.717, 1.165) is 0 Å². The van der Waals surface area contributed by atoms with Gasteiger partial charge < -0.3 is 24.1 Å². The minimum Gasteiger partial charge on any atom is -0.388 e. The maximum absolute atomic E-state index is 9.64. The molecule has 4 unspecified atom stereocenters. The van der Waals surface area contributed by atoms with Gasteiger partial charge in [0.2, 0.25) is 0 Å². The van der Waals surface area contributed by atoms with Crippen LogP contribution in [0.15, 0.2) is 0 Å². The van der Waals surface area contributed by atoms with Gasteiger partial charge in [0.25, 0.3) is 0 Å². The molecular weight excluding hydrogens is 188 g/mol. The van der Waals surface area contributed by atoms with Gasteiger partial charge >= 0.3 is 0 Å². The van der Waals surface area contributed by atoms with Crippen LogP contribution in [0.25, 0.3) is 0 Å². The molecule has 0 amide bonds. The number of hydrogen-bond donors (Lipinski definition) is 1. The van der Waals surface area contributed by atoms with Gasteiger partial charge in [-0.25, -0.2) is 0 Å². The molecular formula is C9H16O5. The molecule has 5 nitrogen and oxygen atoms in total. The molecule has 5 heteroatoms. The highest BCUT2D eigenvalue weighted by Gasteiger charge is 2.51. The van der Waals surface area contributed by atoms with Crippen molar-refractivity contribution in [2.45, 2.75) is 44.2 Å². The number of methoxy groups -OCH3 is 1. The normalized spacial score (nSPS) is 46.3. The number of aliphatic hydroxyl groups is 1. The van der Waals surface area contributed by atoms with E-state index in [1.54, 1.807) is 7.11 Å². The SMILES string of the molecule is COC1OCC(O)C2OC(C)(C)OC12. The highest BCUT2D eigenvalue weighted by molar-refractivity contribution is 4.91. The van der Waals surface area contributed by atoms with Gasteiger partial charge in [0, 0.05) is 7.11 Å². The average molecular weight is 204 g/mol. The molecule has 0 radical (unpaired) electrons. The Balaban J connectivity index is 2.14. The van der Waals surface area contributed by atoms with Gasteiger partial charge in [0.05, 0.1) is 6.61 Å². The Kier molecular flexibility index (Phi) is 2.53. The summed E-state index contributed by atoms with van der Waals surface area (Å²) in [4.78, 5) is 0. The molecule has 0 aromatic heterocycles. The largest absolute Gasteiger partial charge is 0.388 e. The highest BCUT2D eigenvalue weighted by Crippen LogP contribution is 2.35. The first kappa shape index (κ1) is 10.3. The Morgan fingerprint density at radius 1 is 1.29 bits per heavy atom. The number of ether oxygens (including phenoxy) is 4. The first-order valence-corrected chi connectivity index (χ1v) is 4.71. The van der Waals surface area contributed by atoms with Crippen LogP contribution in [-0.4, -0.2) is 49.2 Å². The van der Waals surface area contributed by atoms with Crippen molar-refractivity contribution in [1.29, 1.82) is 0 Å². The molecule has 0 aromatic rings. The predicted molar refractivity (Wildman–Crippen MR) is 46.6 cm³/mol. The van der Waals surface area contributed by atoms with Gasteiger partial charge in [0.1, 0.15) is 18.3 Å². The van der Waals surface area contributed by atoms with E-state index in [2.05, 4.69) is 0 Å². The Morgan fingerprint density at radius 3 is 2.57 bits per heavy atom. The van der Waals surface area contributed by atoms with Crippen LogP contribution in [0.3, 0.4) is 0 Å². The van der Waals surface area contributed by atoms with Crippen molar-refractivity contribution in [3.8, 4) is 0 Å². The first-order valence-electron chi connectivity index (χ1n) is 4.71. The van der Waals surface area contributed by atoms with E-state index in [0.29, 0.717) is 0 Å². The van der Waals surface area contributed by atoms with Crippen molar-refractivity contribution >= 4 is 0 Å². The van der Waals surface area contributed by atoms with Crippen LogP contribution in [-0.2, 0) is 18.9 Å². The molecule has 0 bridgehead atoms. The standard InChI is InChI=1S/C9H16O5/c1-9(2)13-6-5(10)4-12-8(11-3)7(6)14-9/h5-8,10H,4H2,1-3H3. The van der Waals surface area contributed by atoms with Crippen molar-refractivity contribution in [1.82, 2.24) is 0 Å². The van der Waals surface area contributed by atoms with Gasteiger partial charge in [-0.15, -0.1) is 0 Å². The molecule has 0 aliphatic carbocycles. The van der Waals surface area contributed by atoms with Gasteiger partial charge in [0.15, 0.2) is 12.1 Å². The summed E-state index contributed by atoms with van der Waals surface area (Å²) < 4.78 is 21.5. The average Bonchev–Trinajstić information content (AvgIpc) is 2.42. The summed E-state index contributed by atoms with van der Waals surface area (Å²) in [6.45, 7) is 3.84. The van der Waals surface area contributed by atoms with Crippen LogP contribution < -0.4 is 0 Å². The van der Waals surface area contributed by atoms with Crippen molar-refractivity contribution in [2.75, 3.05) is 13.7 Å². The van der Waals surface area contributed by atoms with E-state index in [1.165, 1.54) is 0 Å². The van der Waals surface area contributed by atoms with E-state index in [4.69, 9.17) is 18.9 Å². The lowest BCUT2D eigenvalue weighted by molar-refractivity contribution is -0.237. The molecule has 2 saturated heterocycles. The Hall–Kier alpha value is -0.200. The smallest absolute Gasteiger partial charge is 0.186 e. The molecule has 0 spiro atoms. The molecule has 82 valence electrons. The zero-order valence-corrected chi connectivity index (χ0v) is 8.60. The fourth-order valence-electron chi connectivity index (χ4n) is 1.91. The van der Waals surface area contributed by atoms with Gasteiger partial charge in [-0.2, -0.15) is 0 Å². The van der Waals surface area contributed by atoms with Crippen molar-refractivity contribution in [3.05, 3.63) is 0 Å². The Bertz CT molecular complexity index is 217. The van der Waals surface area contributed by atoms with Crippen molar-refractivity contribution in [3.63, 3.8) is 0 Å². The minimum absolute atomic E-state index is 0.221. The summed E-state index contributed by atoms with van der Waals surface area (Å²) in [7, 11) is 1.55. The monoisotopic (exact) mass is 204 g/mol. The third-order valence-electron chi connectivity index (χ3n) is 2.47. The second kappa shape index (κ2) is 3.43. The van der Waals surface area contributed by atoms with Crippen LogP contribution >= 0.6 is 0 Å². The molecule has 1 N–H and O–H groups in total. The number of rotatable bonds is 1. The zero-order valence-electron chi connectivity index (χ0n) is 8.60. The molecule has 2 aliphatic heterocycles. The molecule has 2 heterocycles. The molecule has 2 aliphatic rings. The number of hydrogen-bond acceptors (Lipinski definition) is 5. The number of fused-ring (bicyclic) bond motifs is 1. The van der Waals surface area contributed by atoms with Gasteiger partial charge in [-0.3, -0.25) is 0 Å². The van der Waals surface area contributed by atoms with Crippen LogP contribution in [0.4, 0.5) is 0 Å². The fraction of sp³-hybridized carbons (Fsp3) is 1.00. The lowest BCUT2D eigenvalue weighted by atomic mass is 10.1. The molecule has 0 saturated carbocycles. The maximum atomic E-state index is 9.64. The molecule has 14 heavy (non-hydrogen) atoms. The maximum Gasteiger partial charge on any atom is 0.186 e. The zero-order chi connectivity index (χ0) is 10.3. The predicted octanol–water partition coefficient (Wildman–Crippen LogP) is -0.130. The second-order valence-electron chi connectivity index (χ2n) is 4.07. The third-order valence-corrected chi connectivity index (χ3v) is 2.47. The van der Waals surface area contributed by atoms with Gasteiger partial charge in [-0.05, 0) is 13.8 Å². The topological polar surface area (TPSA) is 57.2 Å². The second-order valence-corrected chi connectivity index (χ2v) is 4.07. The summed E-state index contributed by atoms with van der Waals surface area (Å²) in [5.74, 6) is -0.680. The lowest BCUT2D eigenvalue weighted by Crippen LogP contribution is -2.51. The number of aliphatic hydroxyl groups excluding tert-OH is 1. The molecule has 2 rings (SSSR count). The van der Waals surface area contributed by atoms with Gasteiger partial charge in [-0.1, -0.05) is 0 Å². The molecule has 4 atom stereocenters. The molecule has 0 aromatic carbocycles. The summed E-state index contributed by atoms with van der Waals surface area (Å²) in [6.07, 6.45) is -1.80. The van der Waals surface area contributed by atoms with Crippen LogP contribution in [0.5, 0.6) is 0 Å².